The number of rotatable bonds is 1. The van der Waals surface area contributed by atoms with E-state index in [0.717, 1.165) is 6.54 Å². The Balaban J connectivity index is 2.04. The molecule has 0 aromatic rings. The van der Waals surface area contributed by atoms with Gasteiger partial charge in [0.05, 0.1) is 11.2 Å². The molecule has 0 saturated carbocycles. The highest BCUT2D eigenvalue weighted by atomic mass is 16.7. The zero-order valence-corrected chi connectivity index (χ0v) is 11.7. The molecule has 0 amide bonds. The van der Waals surface area contributed by atoms with Crippen molar-refractivity contribution in [3.8, 4) is 0 Å². The molecule has 0 radical (unpaired) electrons. The Morgan fingerprint density at radius 3 is 2.29 bits per heavy atom. The standard InChI is InChI=1S/C13H24BNO2/c1-12(2)13(3,4)17-14(16-12)9-11-7-6-8-15(5)10-11/h9H,6-8,10H2,1-5H3. The summed E-state index contributed by atoms with van der Waals surface area (Å²) in [4.78, 5) is 2.35. The Hall–Kier alpha value is -0.315. The van der Waals surface area contributed by atoms with Crippen LogP contribution in [0.3, 0.4) is 0 Å². The van der Waals surface area contributed by atoms with E-state index in [9.17, 15) is 0 Å². The van der Waals surface area contributed by atoms with Crippen LogP contribution in [0, 0.1) is 0 Å². The highest BCUT2D eigenvalue weighted by molar-refractivity contribution is 6.51. The van der Waals surface area contributed by atoms with Crippen LogP contribution in [0.4, 0.5) is 0 Å². The lowest BCUT2D eigenvalue weighted by Crippen LogP contribution is -2.41. The Morgan fingerprint density at radius 2 is 1.76 bits per heavy atom. The third kappa shape index (κ3) is 2.75. The van der Waals surface area contributed by atoms with E-state index in [4.69, 9.17) is 9.31 Å². The first-order chi connectivity index (χ1) is 7.80. The molecule has 0 bridgehead atoms. The summed E-state index contributed by atoms with van der Waals surface area (Å²) in [6.07, 6.45) is 2.41. The summed E-state index contributed by atoms with van der Waals surface area (Å²) >= 11 is 0. The van der Waals surface area contributed by atoms with Crippen molar-refractivity contribution in [2.45, 2.75) is 51.7 Å². The summed E-state index contributed by atoms with van der Waals surface area (Å²) < 4.78 is 12.0. The van der Waals surface area contributed by atoms with E-state index in [2.05, 4.69) is 45.6 Å². The minimum absolute atomic E-state index is 0.179. The first-order valence-corrected chi connectivity index (χ1v) is 6.54. The zero-order chi connectivity index (χ0) is 12.7. The molecule has 2 fully saturated rings. The van der Waals surface area contributed by atoms with Crippen LogP contribution in [0.25, 0.3) is 0 Å². The lowest BCUT2D eigenvalue weighted by Gasteiger charge is -2.32. The number of hydrogen-bond donors (Lipinski definition) is 0. The molecule has 0 aromatic carbocycles. The molecule has 0 spiro atoms. The molecule has 2 aliphatic rings. The Morgan fingerprint density at radius 1 is 1.18 bits per heavy atom. The third-order valence-electron chi connectivity index (χ3n) is 4.15. The van der Waals surface area contributed by atoms with Crippen LogP contribution in [0.1, 0.15) is 40.5 Å². The first kappa shape index (κ1) is 13.1. The number of hydrogen-bond acceptors (Lipinski definition) is 3. The maximum Gasteiger partial charge on any atom is 0.487 e. The number of nitrogens with zero attached hydrogens (tertiary/aromatic N) is 1. The summed E-state index contributed by atoms with van der Waals surface area (Å²) in [6.45, 7) is 10.6. The Kier molecular flexibility index (Phi) is 3.41. The largest absolute Gasteiger partial charge is 0.487 e. The van der Waals surface area contributed by atoms with Gasteiger partial charge in [-0.25, -0.2) is 0 Å². The molecule has 4 heteroatoms. The highest BCUT2D eigenvalue weighted by Gasteiger charge is 2.50. The molecule has 0 aliphatic carbocycles. The SMILES string of the molecule is CN1CCCC(=CB2OC(C)(C)C(C)(C)O2)C1. The fourth-order valence-corrected chi connectivity index (χ4v) is 2.37. The first-order valence-electron chi connectivity index (χ1n) is 6.54. The molecule has 2 aliphatic heterocycles. The van der Waals surface area contributed by atoms with Crippen LogP contribution in [0.15, 0.2) is 11.5 Å². The minimum Gasteiger partial charge on any atom is -0.400 e. The molecule has 0 aromatic heterocycles. The summed E-state index contributed by atoms with van der Waals surface area (Å²) in [6, 6.07) is 0. The second kappa shape index (κ2) is 4.41. The van der Waals surface area contributed by atoms with Gasteiger partial charge in [0.2, 0.25) is 0 Å². The molecular weight excluding hydrogens is 213 g/mol. The number of likely N-dealkylation sites (tertiary alicyclic amines) is 1. The maximum atomic E-state index is 5.98. The maximum absolute atomic E-state index is 5.98. The van der Waals surface area contributed by atoms with E-state index in [1.165, 1.54) is 25.0 Å². The van der Waals surface area contributed by atoms with Crippen molar-refractivity contribution in [3.05, 3.63) is 11.5 Å². The van der Waals surface area contributed by atoms with Gasteiger partial charge in [0, 0.05) is 6.54 Å². The zero-order valence-electron chi connectivity index (χ0n) is 11.7. The fraction of sp³-hybridized carbons (Fsp3) is 0.846. The second-order valence-electron chi connectivity index (χ2n) is 6.29. The lowest BCUT2D eigenvalue weighted by molar-refractivity contribution is 0.00578. The molecule has 2 saturated heterocycles. The molecule has 17 heavy (non-hydrogen) atoms. The average molecular weight is 237 g/mol. The second-order valence-corrected chi connectivity index (χ2v) is 6.29. The molecule has 2 heterocycles. The van der Waals surface area contributed by atoms with Gasteiger partial charge in [-0.2, -0.15) is 0 Å². The van der Waals surface area contributed by atoms with E-state index in [1.54, 1.807) is 0 Å². The molecule has 96 valence electrons. The quantitative estimate of drug-likeness (QED) is 0.653. The van der Waals surface area contributed by atoms with Crippen molar-refractivity contribution >= 4 is 7.12 Å². The van der Waals surface area contributed by atoms with Gasteiger partial charge in [-0.3, -0.25) is 0 Å². The van der Waals surface area contributed by atoms with Crippen LogP contribution in [-0.2, 0) is 9.31 Å². The van der Waals surface area contributed by atoms with E-state index < -0.39 is 0 Å². The average Bonchev–Trinajstić information content (AvgIpc) is 2.34. The Bertz CT molecular complexity index is 309. The van der Waals surface area contributed by atoms with E-state index in [1.807, 2.05) is 0 Å². The van der Waals surface area contributed by atoms with Gasteiger partial charge in [0.1, 0.15) is 0 Å². The van der Waals surface area contributed by atoms with Gasteiger partial charge in [-0.15, -0.1) is 0 Å². The van der Waals surface area contributed by atoms with Crippen molar-refractivity contribution in [2.24, 2.45) is 0 Å². The molecule has 0 N–H and O–H groups in total. The van der Waals surface area contributed by atoms with Crippen molar-refractivity contribution in [1.29, 1.82) is 0 Å². The van der Waals surface area contributed by atoms with Gasteiger partial charge >= 0.3 is 7.12 Å². The molecular formula is C13H24BNO2. The third-order valence-corrected chi connectivity index (χ3v) is 4.15. The Labute approximate surface area is 105 Å². The highest BCUT2D eigenvalue weighted by Crippen LogP contribution is 2.37. The minimum atomic E-state index is -0.227. The van der Waals surface area contributed by atoms with Crippen LogP contribution in [0.5, 0.6) is 0 Å². The predicted molar refractivity (Wildman–Crippen MR) is 70.9 cm³/mol. The number of piperidine rings is 1. The lowest BCUT2D eigenvalue weighted by atomic mass is 9.85. The van der Waals surface area contributed by atoms with Gasteiger partial charge in [-0.05, 0) is 54.1 Å². The van der Waals surface area contributed by atoms with Crippen LogP contribution in [0.2, 0.25) is 0 Å². The monoisotopic (exact) mass is 237 g/mol. The smallest absolute Gasteiger partial charge is 0.400 e. The van der Waals surface area contributed by atoms with E-state index >= 15 is 0 Å². The van der Waals surface area contributed by atoms with Crippen molar-refractivity contribution in [2.75, 3.05) is 20.1 Å². The van der Waals surface area contributed by atoms with Crippen molar-refractivity contribution < 1.29 is 9.31 Å². The van der Waals surface area contributed by atoms with E-state index in [-0.39, 0.29) is 18.3 Å². The predicted octanol–water partition coefficient (Wildman–Crippen LogP) is 2.27. The fourth-order valence-electron chi connectivity index (χ4n) is 2.37. The van der Waals surface area contributed by atoms with Gasteiger partial charge in [0.25, 0.3) is 0 Å². The summed E-state index contributed by atoms with van der Waals surface area (Å²) in [7, 11) is 1.98. The molecule has 0 atom stereocenters. The summed E-state index contributed by atoms with van der Waals surface area (Å²) in [5.41, 5.74) is 0.988. The topological polar surface area (TPSA) is 21.7 Å². The van der Waals surface area contributed by atoms with Crippen molar-refractivity contribution in [1.82, 2.24) is 4.90 Å². The summed E-state index contributed by atoms with van der Waals surface area (Å²) in [5, 5.41) is 0. The van der Waals surface area contributed by atoms with Gasteiger partial charge < -0.3 is 14.2 Å². The van der Waals surface area contributed by atoms with Crippen LogP contribution >= 0.6 is 0 Å². The van der Waals surface area contributed by atoms with Crippen LogP contribution in [-0.4, -0.2) is 43.4 Å². The molecule has 2 rings (SSSR count). The van der Waals surface area contributed by atoms with Gasteiger partial charge in [0.15, 0.2) is 0 Å². The molecule has 3 nitrogen and oxygen atoms in total. The molecule has 0 unspecified atom stereocenters. The summed E-state index contributed by atoms with van der Waals surface area (Å²) in [5.74, 6) is 2.17. The van der Waals surface area contributed by atoms with Crippen LogP contribution < -0.4 is 0 Å². The van der Waals surface area contributed by atoms with E-state index in [0.29, 0.717) is 0 Å². The van der Waals surface area contributed by atoms with Crippen molar-refractivity contribution in [3.63, 3.8) is 0 Å². The van der Waals surface area contributed by atoms with Gasteiger partial charge in [-0.1, -0.05) is 11.5 Å². The number of likely N-dealkylation sites (N-methyl/N-ethyl adjacent to an activating group) is 1. The normalized spacial score (nSPS) is 31.1.